The van der Waals surface area contributed by atoms with Crippen LogP contribution in [0.4, 0.5) is 9.59 Å². The second-order valence-electron chi connectivity index (χ2n) is 11.0. The predicted molar refractivity (Wildman–Crippen MR) is 139 cm³/mol. The highest BCUT2D eigenvalue weighted by atomic mass is 16.6. The number of unbranched alkanes of at least 4 members (excludes halogenated alkanes) is 1. The number of hydrogen-bond acceptors (Lipinski definition) is 7. The number of alkyl carbamates (subject to hydrolysis) is 1. The van der Waals surface area contributed by atoms with E-state index in [1.54, 1.807) is 20.8 Å². The number of ether oxygens (including phenoxy) is 2. The SMILES string of the molecule is CC(C)(C)OC(=O)N1C2CCC(C2)[C@H]1C(=O)NC(CCCCNC(=O)OCc1ccccc1)C(O)C(N)=O. The first-order valence-electron chi connectivity index (χ1n) is 13.2. The second kappa shape index (κ2) is 12.9. The zero-order valence-corrected chi connectivity index (χ0v) is 22.4. The number of amides is 4. The standard InChI is InChI=1S/C27H40N4O7/c1-27(2,3)38-26(36)31-19-13-12-18(15-19)21(31)24(34)30-20(22(32)23(28)33)11-7-8-14-29-25(35)37-16-17-9-5-4-6-10-17/h4-6,9-10,18-22,32H,7-8,11-16H2,1-3H3,(H2,28,33)(H,29,35)(H,30,34)/t18?,19?,20?,21-,22?/m0/s1. The van der Waals surface area contributed by atoms with E-state index in [-0.39, 0.29) is 25.0 Å². The van der Waals surface area contributed by atoms with E-state index < -0.39 is 47.8 Å². The Bertz CT molecular complexity index is 981. The summed E-state index contributed by atoms with van der Waals surface area (Å²) in [5.41, 5.74) is 5.50. The van der Waals surface area contributed by atoms with Gasteiger partial charge in [0, 0.05) is 12.6 Å². The van der Waals surface area contributed by atoms with Crippen molar-refractivity contribution in [3.05, 3.63) is 35.9 Å². The first-order valence-corrected chi connectivity index (χ1v) is 13.2. The molecular weight excluding hydrogens is 492 g/mol. The fourth-order valence-electron chi connectivity index (χ4n) is 5.13. The molecule has 5 atom stereocenters. The van der Waals surface area contributed by atoms with Crippen LogP contribution in [0.25, 0.3) is 0 Å². The summed E-state index contributed by atoms with van der Waals surface area (Å²) in [5.74, 6) is -1.39. The zero-order chi connectivity index (χ0) is 27.9. The smallest absolute Gasteiger partial charge is 0.411 e. The van der Waals surface area contributed by atoms with E-state index in [9.17, 15) is 24.3 Å². The summed E-state index contributed by atoms with van der Waals surface area (Å²) in [6.07, 6.45) is 0.930. The molecule has 5 N–H and O–H groups in total. The Balaban J connectivity index is 1.50. The Hall–Kier alpha value is -3.34. The van der Waals surface area contributed by atoms with E-state index in [1.165, 1.54) is 4.90 Å². The number of nitrogens with two attached hydrogens (primary N) is 1. The number of carbonyl (C=O) groups is 4. The normalized spacial score (nSPS) is 21.9. The van der Waals surface area contributed by atoms with E-state index in [1.807, 2.05) is 30.3 Å². The van der Waals surface area contributed by atoms with Gasteiger partial charge in [0.1, 0.15) is 18.2 Å². The third-order valence-corrected chi connectivity index (χ3v) is 6.88. The van der Waals surface area contributed by atoms with Crippen molar-refractivity contribution < 1.29 is 33.8 Å². The summed E-state index contributed by atoms with van der Waals surface area (Å²) in [4.78, 5) is 51.3. The van der Waals surface area contributed by atoms with Gasteiger partial charge in [-0.2, -0.15) is 0 Å². The first-order chi connectivity index (χ1) is 18.0. The number of aliphatic hydroxyl groups excluding tert-OH is 1. The topological polar surface area (TPSA) is 160 Å². The van der Waals surface area contributed by atoms with E-state index in [0.29, 0.717) is 25.8 Å². The summed E-state index contributed by atoms with van der Waals surface area (Å²) >= 11 is 0. The molecule has 1 saturated carbocycles. The largest absolute Gasteiger partial charge is 0.445 e. The van der Waals surface area contributed by atoms with Crippen LogP contribution in [0.2, 0.25) is 0 Å². The number of carbonyl (C=O) groups excluding carboxylic acids is 4. The molecule has 0 aromatic heterocycles. The number of hydrogen-bond donors (Lipinski definition) is 4. The Kier molecular flexibility index (Phi) is 9.96. The van der Waals surface area contributed by atoms with Crippen LogP contribution >= 0.6 is 0 Å². The van der Waals surface area contributed by atoms with E-state index in [2.05, 4.69) is 10.6 Å². The summed E-state index contributed by atoms with van der Waals surface area (Å²) < 4.78 is 10.7. The van der Waals surface area contributed by atoms with Gasteiger partial charge < -0.3 is 30.9 Å². The molecule has 1 saturated heterocycles. The van der Waals surface area contributed by atoms with Crippen LogP contribution in [-0.4, -0.2) is 70.4 Å². The van der Waals surface area contributed by atoms with Crippen molar-refractivity contribution in [3.63, 3.8) is 0 Å². The number of nitrogens with one attached hydrogen (secondary N) is 2. The van der Waals surface area contributed by atoms with Crippen molar-refractivity contribution in [3.8, 4) is 0 Å². The number of likely N-dealkylation sites (tertiary alicyclic amines) is 1. The molecular formula is C27H40N4O7. The van der Waals surface area contributed by atoms with Gasteiger partial charge in [-0.15, -0.1) is 0 Å². The Morgan fingerprint density at radius 3 is 2.50 bits per heavy atom. The zero-order valence-electron chi connectivity index (χ0n) is 22.4. The fraction of sp³-hybridized carbons (Fsp3) is 0.630. The number of benzene rings is 1. The van der Waals surface area contributed by atoms with Crippen LogP contribution in [0, 0.1) is 5.92 Å². The number of piperidine rings is 1. The molecule has 4 unspecified atom stereocenters. The maximum absolute atomic E-state index is 13.3. The van der Waals surface area contributed by atoms with Gasteiger partial charge in [0.15, 0.2) is 6.10 Å². The minimum Gasteiger partial charge on any atom is -0.445 e. The van der Waals surface area contributed by atoms with E-state index >= 15 is 0 Å². The van der Waals surface area contributed by atoms with Crippen LogP contribution in [0.15, 0.2) is 30.3 Å². The van der Waals surface area contributed by atoms with Gasteiger partial charge in [0.05, 0.1) is 6.04 Å². The molecule has 2 bridgehead atoms. The highest BCUT2D eigenvalue weighted by molar-refractivity contribution is 5.88. The van der Waals surface area contributed by atoms with Gasteiger partial charge in [-0.05, 0) is 70.8 Å². The van der Waals surface area contributed by atoms with Gasteiger partial charge in [-0.25, -0.2) is 9.59 Å². The van der Waals surface area contributed by atoms with Crippen LogP contribution < -0.4 is 16.4 Å². The summed E-state index contributed by atoms with van der Waals surface area (Å²) in [5, 5.41) is 15.8. The van der Waals surface area contributed by atoms with Crippen molar-refractivity contribution in [2.45, 2.75) is 95.7 Å². The number of rotatable bonds is 11. The molecule has 11 heteroatoms. The minimum absolute atomic E-state index is 0.00927. The Morgan fingerprint density at radius 1 is 1.13 bits per heavy atom. The number of fused-ring (bicyclic) bond motifs is 2. The van der Waals surface area contributed by atoms with Crippen LogP contribution in [-0.2, 0) is 25.7 Å². The van der Waals surface area contributed by atoms with Gasteiger partial charge in [-0.1, -0.05) is 30.3 Å². The van der Waals surface area contributed by atoms with Gasteiger partial charge in [0.2, 0.25) is 11.8 Å². The maximum Gasteiger partial charge on any atom is 0.411 e. The quantitative estimate of drug-likeness (QED) is 0.318. The third kappa shape index (κ3) is 8.08. The molecule has 1 aliphatic carbocycles. The fourth-order valence-corrected chi connectivity index (χ4v) is 5.13. The Morgan fingerprint density at radius 2 is 1.84 bits per heavy atom. The molecule has 210 valence electrons. The number of nitrogens with zero attached hydrogens (tertiary/aromatic N) is 1. The van der Waals surface area contributed by atoms with Crippen LogP contribution in [0.5, 0.6) is 0 Å². The summed E-state index contributed by atoms with van der Waals surface area (Å²) in [6, 6.07) is 7.58. The van der Waals surface area contributed by atoms with Crippen molar-refractivity contribution in [1.29, 1.82) is 0 Å². The van der Waals surface area contributed by atoms with Crippen molar-refractivity contribution in [2.75, 3.05) is 6.54 Å². The lowest BCUT2D eigenvalue weighted by atomic mass is 9.96. The molecule has 1 aromatic rings. The molecule has 4 amide bonds. The molecule has 1 aliphatic heterocycles. The average molecular weight is 533 g/mol. The third-order valence-electron chi connectivity index (χ3n) is 6.88. The van der Waals surface area contributed by atoms with Gasteiger partial charge >= 0.3 is 12.2 Å². The summed E-state index contributed by atoms with van der Waals surface area (Å²) in [6.45, 7) is 5.79. The molecule has 1 heterocycles. The molecule has 2 fully saturated rings. The van der Waals surface area contributed by atoms with E-state index in [0.717, 1.165) is 18.4 Å². The first kappa shape index (κ1) is 29.2. The highest BCUT2D eigenvalue weighted by Crippen LogP contribution is 2.43. The lowest BCUT2D eigenvalue weighted by Crippen LogP contribution is -2.58. The lowest BCUT2D eigenvalue weighted by Gasteiger charge is -2.36. The van der Waals surface area contributed by atoms with Gasteiger partial charge in [0.25, 0.3) is 0 Å². The van der Waals surface area contributed by atoms with Crippen molar-refractivity contribution in [1.82, 2.24) is 15.5 Å². The molecule has 38 heavy (non-hydrogen) atoms. The van der Waals surface area contributed by atoms with E-state index in [4.69, 9.17) is 15.2 Å². The molecule has 2 aliphatic rings. The maximum atomic E-state index is 13.3. The predicted octanol–water partition coefficient (Wildman–Crippen LogP) is 2.20. The number of aliphatic hydroxyl groups is 1. The molecule has 1 aromatic carbocycles. The molecule has 3 rings (SSSR count). The van der Waals surface area contributed by atoms with Crippen LogP contribution in [0.3, 0.4) is 0 Å². The monoisotopic (exact) mass is 532 g/mol. The molecule has 11 nitrogen and oxygen atoms in total. The Labute approximate surface area is 223 Å². The summed E-state index contributed by atoms with van der Waals surface area (Å²) in [7, 11) is 0. The van der Waals surface area contributed by atoms with Crippen LogP contribution in [0.1, 0.15) is 64.9 Å². The average Bonchev–Trinajstić information content (AvgIpc) is 3.47. The highest BCUT2D eigenvalue weighted by Gasteiger charge is 2.52. The molecule has 0 radical (unpaired) electrons. The molecule has 0 spiro atoms. The second-order valence-corrected chi connectivity index (χ2v) is 11.0. The van der Waals surface area contributed by atoms with Crippen molar-refractivity contribution >= 4 is 24.0 Å². The van der Waals surface area contributed by atoms with Gasteiger partial charge in [-0.3, -0.25) is 14.5 Å². The lowest BCUT2D eigenvalue weighted by molar-refractivity contribution is -0.132. The van der Waals surface area contributed by atoms with Crippen molar-refractivity contribution in [2.24, 2.45) is 11.7 Å². The minimum atomic E-state index is -1.59. The number of primary amides is 1.